The van der Waals surface area contributed by atoms with E-state index in [1.54, 1.807) is 11.3 Å². The first-order chi connectivity index (χ1) is 10.6. The maximum atomic E-state index is 11.8. The van der Waals surface area contributed by atoms with Crippen LogP contribution in [0.3, 0.4) is 0 Å². The van der Waals surface area contributed by atoms with Crippen LogP contribution in [-0.4, -0.2) is 15.9 Å². The number of rotatable bonds is 5. The Labute approximate surface area is 136 Å². The largest absolute Gasteiger partial charge is 0.455 e. The summed E-state index contributed by atoms with van der Waals surface area (Å²) >= 11 is 3.87. The minimum atomic E-state index is -0.580. The van der Waals surface area contributed by atoms with Crippen molar-refractivity contribution < 1.29 is 14.5 Å². The molecule has 0 aliphatic heterocycles. The number of carbonyl (C=O) groups excluding carboxylic acids is 1. The Balaban J connectivity index is 1.62. The van der Waals surface area contributed by atoms with Crippen molar-refractivity contribution in [3.8, 4) is 10.6 Å². The van der Waals surface area contributed by atoms with Crippen molar-refractivity contribution in [1.29, 1.82) is 0 Å². The van der Waals surface area contributed by atoms with E-state index in [1.807, 2.05) is 22.2 Å². The molecule has 22 heavy (non-hydrogen) atoms. The molecule has 0 atom stereocenters. The molecule has 0 amide bonds. The van der Waals surface area contributed by atoms with Crippen LogP contribution in [0.15, 0.2) is 34.3 Å². The fraction of sp³-hybridized carbons (Fsp3) is 0.0769. The minimum absolute atomic E-state index is 0.0468. The summed E-state index contributed by atoms with van der Waals surface area (Å²) in [5.74, 6) is -0.580. The average molecular weight is 352 g/mol. The highest BCUT2D eigenvalue weighted by Crippen LogP contribution is 2.27. The Morgan fingerprint density at radius 1 is 1.32 bits per heavy atom. The molecule has 0 bridgehead atoms. The van der Waals surface area contributed by atoms with Gasteiger partial charge in [0.05, 0.1) is 10.6 Å². The van der Waals surface area contributed by atoms with E-state index in [4.69, 9.17) is 4.74 Å². The van der Waals surface area contributed by atoms with E-state index in [-0.39, 0.29) is 16.5 Å². The lowest BCUT2D eigenvalue weighted by Gasteiger charge is -1.99. The van der Waals surface area contributed by atoms with E-state index in [2.05, 4.69) is 4.98 Å². The fourth-order valence-electron chi connectivity index (χ4n) is 1.64. The SMILES string of the molecule is O=C(OCc1csc(-c2ccsc2)n1)c1ccc([N+](=O)[O-])s1. The van der Waals surface area contributed by atoms with Gasteiger partial charge in [0.2, 0.25) is 0 Å². The first-order valence-corrected chi connectivity index (χ1v) is 8.65. The molecule has 112 valence electrons. The first-order valence-electron chi connectivity index (χ1n) is 6.02. The van der Waals surface area contributed by atoms with Gasteiger partial charge in [-0.25, -0.2) is 9.78 Å². The normalized spacial score (nSPS) is 10.5. The number of thiazole rings is 1. The van der Waals surface area contributed by atoms with Crippen LogP contribution in [0.4, 0.5) is 5.00 Å². The van der Waals surface area contributed by atoms with Gasteiger partial charge in [-0.3, -0.25) is 10.1 Å². The van der Waals surface area contributed by atoms with Crippen LogP contribution in [0.2, 0.25) is 0 Å². The van der Waals surface area contributed by atoms with Crippen molar-refractivity contribution >= 4 is 45.0 Å². The highest BCUT2D eigenvalue weighted by molar-refractivity contribution is 7.17. The molecule has 6 nitrogen and oxygen atoms in total. The zero-order valence-electron chi connectivity index (χ0n) is 10.9. The van der Waals surface area contributed by atoms with Crippen molar-refractivity contribution in [2.45, 2.75) is 6.61 Å². The van der Waals surface area contributed by atoms with Gasteiger partial charge in [-0.15, -0.1) is 11.3 Å². The fourth-order valence-corrected chi connectivity index (χ4v) is 3.87. The first kappa shape index (κ1) is 14.8. The van der Waals surface area contributed by atoms with Crippen LogP contribution in [0, 0.1) is 10.1 Å². The zero-order chi connectivity index (χ0) is 15.5. The predicted octanol–water partition coefficient (Wildman–Crippen LogP) is 4.20. The van der Waals surface area contributed by atoms with Gasteiger partial charge in [0.25, 0.3) is 0 Å². The second-order valence-corrected chi connectivity index (χ2v) is 6.83. The van der Waals surface area contributed by atoms with Crippen LogP contribution < -0.4 is 0 Å². The number of hydrogen-bond donors (Lipinski definition) is 0. The molecule has 0 fully saturated rings. The van der Waals surface area contributed by atoms with Gasteiger partial charge < -0.3 is 4.74 Å². The number of nitrogens with zero attached hydrogens (tertiary/aromatic N) is 2. The van der Waals surface area contributed by atoms with E-state index in [0.717, 1.165) is 21.9 Å². The number of carbonyl (C=O) groups is 1. The monoisotopic (exact) mass is 352 g/mol. The Kier molecular flexibility index (Phi) is 4.27. The van der Waals surface area contributed by atoms with E-state index in [1.165, 1.54) is 23.5 Å². The molecule has 0 N–H and O–H groups in total. The summed E-state index contributed by atoms with van der Waals surface area (Å²) in [4.78, 5) is 26.5. The third-order valence-corrected chi connectivity index (χ3v) is 5.28. The van der Waals surface area contributed by atoms with E-state index >= 15 is 0 Å². The van der Waals surface area contributed by atoms with Gasteiger partial charge in [0, 0.05) is 22.4 Å². The van der Waals surface area contributed by atoms with Gasteiger partial charge >= 0.3 is 11.0 Å². The topological polar surface area (TPSA) is 82.3 Å². The molecule has 9 heteroatoms. The van der Waals surface area contributed by atoms with Gasteiger partial charge in [0.1, 0.15) is 16.5 Å². The average Bonchev–Trinajstić information content (AvgIpc) is 3.23. The Morgan fingerprint density at radius 3 is 2.86 bits per heavy atom. The number of thiophene rings is 2. The van der Waals surface area contributed by atoms with Crippen molar-refractivity contribution in [1.82, 2.24) is 4.98 Å². The number of hydrogen-bond acceptors (Lipinski definition) is 8. The highest BCUT2D eigenvalue weighted by atomic mass is 32.1. The number of aromatic nitrogens is 1. The van der Waals surface area contributed by atoms with E-state index in [9.17, 15) is 14.9 Å². The molecular weight excluding hydrogens is 344 g/mol. The molecule has 3 aromatic rings. The lowest BCUT2D eigenvalue weighted by Crippen LogP contribution is -2.03. The molecule has 0 spiro atoms. The molecule has 0 saturated carbocycles. The third-order valence-electron chi connectivity index (χ3n) is 2.64. The Bertz CT molecular complexity index is 807. The maximum Gasteiger partial charge on any atom is 0.348 e. The number of ether oxygens (including phenoxy) is 1. The van der Waals surface area contributed by atoms with Gasteiger partial charge in [0.15, 0.2) is 0 Å². The molecule has 0 radical (unpaired) electrons. The second kappa shape index (κ2) is 6.34. The Hall–Kier alpha value is -2.10. The van der Waals surface area contributed by atoms with Crippen molar-refractivity contribution in [2.75, 3.05) is 0 Å². The van der Waals surface area contributed by atoms with Crippen molar-refractivity contribution in [3.63, 3.8) is 0 Å². The van der Waals surface area contributed by atoms with Crippen LogP contribution in [-0.2, 0) is 11.3 Å². The molecule has 0 saturated heterocycles. The summed E-state index contributed by atoms with van der Waals surface area (Å²) in [6.45, 7) is 0.0468. The van der Waals surface area contributed by atoms with E-state index < -0.39 is 10.9 Å². The molecule has 0 aliphatic rings. The third kappa shape index (κ3) is 3.21. The molecule has 3 aromatic heterocycles. The molecule has 3 rings (SSSR count). The molecular formula is C13H8N2O4S3. The van der Waals surface area contributed by atoms with Crippen molar-refractivity contribution in [3.05, 3.63) is 55.0 Å². The quantitative estimate of drug-likeness (QED) is 0.390. The highest BCUT2D eigenvalue weighted by Gasteiger charge is 2.17. The summed E-state index contributed by atoms with van der Waals surface area (Å²) in [6.07, 6.45) is 0. The minimum Gasteiger partial charge on any atom is -0.455 e. The van der Waals surface area contributed by atoms with Crippen molar-refractivity contribution in [2.24, 2.45) is 0 Å². The number of esters is 1. The van der Waals surface area contributed by atoms with Gasteiger partial charge in [-0.1, -0.05) is 11.3 Å². The molecule has 0 unspecified atom stereocenters. The standard InChI is InChI=1S/C13H8N2O4S3/c16-13(10-1-2-11(22-10)15(17)18)19-5-9-7-21-12(14-9)8-3-4-20-6-8/h1-4,6-7H,5H2. The van der Waals surface area contributed by atoms with Gasteiger partial charge in [-0.2, -0.15) is 11.3 Å². The summed E-state index contributed by atoms with van der Waals surface area (Å²) < 4.78 is 5.13. The van der Waals surface area contributed by atoms with E-state index in [0.29, 0.717) is 5.69 Å². The smallest absolute Gasteiger partial charge is 0.348 e. The Morgan fingerprint density at radius 2 is 2.18 bits per heavy atom. The summed E-state index contributed by atoms with van der Waals surface area (Å²) in [5, 5.41) is 17.2. The van der Waals surface area contributed by atoms with Crippen LogP contribution >= 0.6 is 34.0 Å². The zero-order valence-corrected chi connectivity index (χ0v) is 13.4. The predicted molar refractivity (Wildman–Crippen MR) is 85.5 cm³/mol. The lowest BCUT2D eigenvalue weighted by molar-refractivity contribution is -0.380. The molecule has 3 heterocycles. The maximum absolute atomic E-state index is 11.8. The molecule has 0 aliphatic carbocycles. The summed E-state index contributed by atoms with van der Waals surface area (Å²) in [5.41, 5.74) is 1.70. The second-order valence-electron chi connectivity index (χ2n) is 4.13. The van der Waals surface area contributed by atoms with Crippen LogP contribution in [0.25, 0.3) is 10.6 Å². The lowest BCUT2D eigenvalue weighted by atomic mass is 10.4. The summed E-state index contributed by atoms with van der Waals surface area (Å²) in [6, 6.07) is 4.66. The molecule has 0 aromatic carbocycles. The summed E-state index contributed by atoms with van der Waals surface area (Å²) in [7, 11) is 0. The number of nitro groups is 1. The van der Waals surface area contributed by atoms with Crippen LogP contribution in [0.5, 0.6) is 0 Å². The van der Waals surface area contributed by atoms with Crippen LogP contribution in [0.1, 0.15) is 15.4 Å². The van der Waals surface area contributed by atoms with Gasteiger partial charge in [-0.05, 0) is 17.5 Å².